The van der Waals surface area contributed by atoms with Gasteiger partial charge in [-0.25, -0.2) is 0 Å². The van der Waals surface area contributed by atoms with E-state index < -0.39 is 10.8 Å². The van der Waals surface area contributed by atoms with E-state index in [0.29, 0.717) is 0 Å². The molecule has 1 aliphatic heterocycles. The Bertz CT molecular complexity index is 789. The van der Waals surface area contributed by atoms with Crippen molar-refractivity contribution in [3.05, 3.63) is 64.0 Å². The van der Waals surface area contributed by atoms with Crippen molar-refractivity contribution in [2.45, 2.75) is 6.54 Å². The predicted octanol–water partition coefficient (Wildman–Crippen LogP) is 1.67. The third-order valence-corrected chi connectivity index (χ3v) is 4.54. The Kier molecular flexibility index (Phi) is 5.43. The lowest BCUT2D eigenvalue weighted by molar-refractivity contribution is -0.385. The van der Waals surface area contributed by atoms with Crippen molar-refractivity contribution in [2.75, 3.05) is 38.1 Å². The fourth-order valence-electron chi connectivity index (χ4n) is 3.11. The van der Waals surface area contributed by atoms with Crippen LogP contribution in [0.5, 0.6) is 0 Å². The van der Waals surface area contributed by atoms with Crippen molar-refractivity contribution >= 4 is 17.3 Å². The van der Waals surface area contributed by atoms with Gasteiger partial charge in [0.15, 0.2) is 0 Å². The van der Waals surface area contributed by atoms with E-state index in [-0.39, 0.29) is 11.3 Å². The number of amides is 1. The molecule has 0 aliphatic carbocycles. The van der Waals surface area contributed by atoms with E-state index in [9.17, 15) is 14.9 Å². The number of pyridine rings is 1. The SMILES string of the molecule is CNC(=O)c1cc(N2CCN(Cc3ccncc3)CC2)ccc1[N+](=O)[O-]. The first-order chi connectivity index (χ1) is 12.6. The maximum atomic E-state index is 12.0. The Hall–Kier alpha value is -3.00. The highest BCUT2D eigenvalue weighted by atomic mass is 16.6. The van der Waals surface area contributed by atoms with Crippen LogP contribution in [0.4, 0.5) is 11.4 Å². The fourth-order valence-corrected chi connectivity index (χ4v) is 3.11. The molecule has 0 saturated carbocycles. The molecule has 0 bridgehead atoms. The summed E-state index contributed by atoms with van der Waals surface area (Å²) in [4.78, 5) is 31.1. The first-order valence-electron chi connectivity index (χ1n) is 8.45. The van der Waals surface area contributed by atoms with Crippen LogP contribution in [0.2, 0.25) is 0 Å². The number of nitrogens with one attached hydrogen (secondary N) is 1. The van der Waals surface area contributed by atoms with Crippen molar-refractivity contribution in [1.29, 1.82) is 0 Å². The lowest BCUT2D eigenvalue weighted by Gasteiger charge is -2.36. The molecule has 0 radical (unpaired) electrons. The van der Waals surface area contributed by atoms with Crippen LogP contribution in [-0.4, -0.2) is 53.9 Å². The summed E-state index contributed by atoms with van der Waals surface area (Å²) in [6.45, 7) is 4.25. The van der Waals surface area contributed by atoms with Crippen LogP contribution in [-0.2, 0) is 6.54 Å². The standard InChI is InChI=1S/C18H21N5O3/c1-19-18(24)16-12-15(2-3-17(16)23(25)26)22-10-8-21(9-11-22)13-14-4-6-20-7-5-14/h2-7,12H,8-11,13H2,1H3,(H,19,24). The minimum absolute atomic E-state index is 0.0919. The van der Waals surface area contributed by atoms with E-state index in [1.807, 2.05) is 12.1 Å². The molecule has 26 heavy (non-hydrogen) atoms. The molecular formula is C18H21N5O3. The monoisotopic (exact) mass is 355 g/mol. The predicted molar refractivity (Wildman–Crippen MR) is 98.2 cm³/mol. The molecule has 136 valence electrons. The molecule has 1 saturated heterocycles. The van der Waals surface area contributed by atoms with E-state index in [1.165, 1.54) is 18.7 Å². The maximum absolute atomic E-state index is 12.0. The van der Waals surface area contributed by atoms with Gasteiger partial charge in [-0.1, -0.05) is 0 Å². The second-order valence-electron chi connectivity index (χ2n) is 6.16. The van der Waals surface area contributed by atoms with E-state index >= 15 is 0 Å². The summed E-state index contributed by atoms with van der Waals surface area (Å²) in [6.07, 6.45) is 3.59. The lowest BCUT2D eigenvalue weighted by Crippen LogP contribution is -2.46. The summed E-state index contributed by atoms with van der Waals surface area (Å²) in [5.74, 6) is -0.449. The van der Waals surface area contributed by atoms with Crippen LogP contribution in [0.15, 0.2) is 42.7 Å². The second kappa shape index (κ2) is 7.92. The van der Waals surface area contributed by atoms with Gasteiger partial charge in [0.25, 0.3) is 11.6 Å². The number of rotatable bonds is 5. The molecular weight excluding hydrogens is 334 g/mol. The third kappa shape index (κ3) is 3.97. The lowest BCUT2D eigenvalue weighted by atomic mass is 10.1. The maximum Gasteiger partial charge on any atom is 0.282 e. The average molecular weight is 355 g/mol. The summed E-state index contributed by atoms with van der Waals surface area (Å²) in [7, 11) is 1.47. The van der Waals surface area contributed by atoms with Gasteiger partial charge in [-0.15, -0.1) is 0 Å². The zero-order valence-corrected chi connectivity index (χ0v) is 14.6. The van der Waals surface area contributed by atoms with Gasteiger partial charge < -0.3 is 10.2 Å². The first kappa shape index (κ1) is 17.8. The molecule has 0 spiro atoms. The third-order valence-electron chi connectivity index (χ3n) is 4.54. The topological polar surface area (TPSA) is 91.6 Å². The number of benzene rings is 1. The molecule has 8 heteroatoms. The number of anilines is 1. The number of carbonyl (C=O) groups is 1. The largest absolute Gasteiger partial charge is 0.369 e. The normalized spacial score (nSPS) is 14.9. The zero-order chi connectivity index (χ0) is 18.5. The summed E-state index contributed by atoms with van der Waals surface area (Å²) in [6, 6.07) is 8.75. The van der Waals surface area contributed by atoms with Gasteiger partial charge >= 0.3 is 0 Å². The van der Waals surface area contributed by atoms with Crippen LogP contribution in [0, 0.1) is 10.1 Å². The second-order valence-corrected chi connectivity index (χ2v) is 6.16. The van der Waals surface area contributed by atoms with Gasteiger partial charge in [0.05, 0.1) is 4.92 Å². The molecule has 3 rings (SSSR count). The van der Waals surface area contributed by atoms with E-state index in [4.69, 9.17) is 0 Å². The summed E-state index contributed by atoms with van der Waals surface area (Å²) >= 11 is 0. The molecule has 8 nitrogen and oxygen atoms in total. The number of hydrogen-bond acceptors (Lipinski definition) is 6. The molecule has 1 N–H and O–H groups in total. The van der Waals surface area contributed by atoms with Gasteiger partial charge in [-0.2, -0.15) is 0 Å². The molecule has 1 aromatic carbocycles. The summed E-state index contributed by atoms with van der Waals surface area (Å²) in [5, 5.41) is 13.6. The number of aromatic nitrogens is 1. The Labute approximate surface area is 151 Å². The summed E-state index contributed by atoms with van der Waals surface area (Å²) in [5.41, 5.74) is 1.97. The van der Waals surface area contributed by atoms with Gasteiger partial charge in [0.2, 0.25) is 0 Å². The van der Waals surface area contributed by atoms with Crippen molar-refractivity contribution in [2.24, 2.45) is 0 Å². The highest BCUT2D eigenvalue weighted by Crippen LogP contribution is 2.26. The number of nitrogens with zero attached hydrogens (tertiary/aromatic N) is 4. The highest BCUT2D eigenvalue weighted by molar-refractivity contribution is 5.99. The quantitative estimate of drug-likeness (QED) is 0.648. The van der Waals surface area contributed by atoms with Crippen molar-refractivity contribution in [1.82, 2.24) is 15.2 Å². The van der Waals surface area contributed by atoms with Gasteiger partial charge in [-0.05, 0) is 29.8 Å². The molecule has 1 fully saturated rings. The Balaban J connectivity index is 1.69. The summed E-state index contributed by atoms with van der Waals surface area (Å²) < 4.78 is 0. The van der Waals surface area contributed by atoms with Gasteiger partial charge in [-0.3, -0.25) is 24.8 Å². The fraction of sp³-hybridized carbons (Fsp3) is 0.333. The van der Waals surface area contributed by atoms with Gasteiger partial charge in [0.1, 0.15) is 5.56 Å². The average Bonchev–Trinajstić information content (AvgIpc) is 2.68. The van der Waals surface area contributed by atoms with Crippen LogP contribution >= 0.6 is 0 Å². The molecule has 0 atom stereocenters. The number of carbonyl (C=O) groups excluding carboxylic acids is 1. The van der Waals surface area contributed by atoms with Crippen molar-refractivity contribution in [3.63, 3.8) is 0 Å². The Morgan fingerprint density at radius 1 is 1.19 bits per heavy atom. The van der Waals surface area contributed by atoms with Crippen LogP contribution in [0.25, 0.3) is 0 Å². The van der Waals surface area contributed by atoms with E-state index in [2.05, 4.69) is 20.1 Å². The van der Waals surface area contributed by atoms with Crippen molar-refractivity contribution in [3.8, 4) is 0 Å². The van der Waals surface area contributed by atoms with Crippen molar-refractivity contribution < 1.29 is 9.72 Å². The Morgan fingerprint density at radius 2 is 1.88 bits per heavy atom. The number of nitro groups is 1. The minimum Gasteiger partial charge on any atom is -0.369 e. The van der Waals surface area contributed by atoms with Crippen LogP contribution in [0.3, 0.4) is 0 Å². The van der Waals surface area contributed by atoms with E-state index in [1.54, 1.807) is 24.5 Å². The smallest absolute Gasteiger partial charge is 0.282 e. The molecule has 0 unspecified atom stereocenters. The van der Waals surface area contributed by atoms with Crippen LogP contribution in [0.1, 0.15) is 15.9 Å². The number of piperazine rings is 1. The molecule has 2 heterocycles. The van der Waals surface area contributed by atoms with Gasteiger partial charge in [0, 0.05) is 63.9 Å². The van der Waals surface area contributed by atoms with Crippen LogP contribution < -0.4 is 10.2 Å². The molecule has 2 aromatic rings. The number of nitro benzene ring substituents is 1. The molecule has 1 aromatic heterocycles. The number of hydrogen-bond donors (Lipinski definition) is 1. The first-order valence-corrected chi connectivity index (χ1v) is 8.45. The highest BCUT2D eigenvalue weighted by Gasteiger charge is 2.23. The minimum atomic E-state index is -0.527. The zero-order valence-electron chi connectivity index (χ0n) is 14.6. The molecule has 1 aliphatic rings. The molecule has 1 amide bonds. The Morgan fingerprint density at radius 3 is 2.50 bits per heavy atom. The van der Waals surface area contributed by atoms with E-state index in [0.717, 1.165) is 38.4 Å².